The van der Waals surface area contributed by atoms with E-state index in [1.165, 1.54) is 4.57 Å². The molecule has 1 atom stereocenters. The lowest BCUT2D eigenvalue weighted by molar-refractivity contribution is -0.138. The minimum atomic E-state index is -0.896. The van der Waals surface area contributed by atoms with Crippen LogP contribution in [0, 0.1) is 0 Å². The van der Waals surface area contributed by atoms with Gasteiger partial charge in [-0.2, -0.15) is 0 Å². The third-order valence-electron chi connectivity index (χ3n) is 7.95. The first-order chi connectivity index (χ1) is 21.5. The number of esters is 1. The number of nitrogens with zero attached hydrogens (tertiary/aromatic N) is 3. The first-order valence-electron chi connectivity index (χ1n) is 14.6. The summed E-state index contributed by atoms with van der Waals surface area (Å²) in [4.78, 5) is 49.3. The van der Waals surface area contributed by atoms with Crippen LogP contribution in [0.15, 0.2) is 88.2 Å². The normalized spacial score (nSPS) is 17.8. The van der Waals surface area contributed by atoms with Crippen LogP contribution in [0.2, 0.25) is 0 Å². The molecule has 0 aliphatic carbocycles. The number of carbonyl (C=O) groups excluding carboxylic acids is 2. The van der Waals surface area contributed by atoms with Crippen molar-refractivity contribution in [3.8, 4) is 11.5 Å². The minimum absolute atomic E-state index is 0.0802. The molecule has 0 fully saturated rings. The van der Waals surface area contributed by atoms with E-state index in [0.717, 1.165) is 29.9 Å². The van der Waals surface area contributed by atoms with Crippen molar-refractivity contribution in [1.29, 1.82) is 0 Å². The molecule has 4 aromatic rings. The Morgan fingerprint density at radius 2 is 1.77 bits per heavy atom. The topological polar surface area (TPSA) is 99.4 Å². The third-order valence-corrected chi connectivity index (χ3v) is 9.00. The van der Waals surface area contributed by atoms with Crippen LogP contribution < -0.4 is 29.3 Å². The van der Waals surface area contributed by atoms with Crippen LogP contribution in [0.1, 0.15) is 49.4 Å². The van der Waals surface area contributed by atoms with Gasteiger partial charge in [0.15, 0.2) is 16.3 Å². The van der Waals surface area contributed by atoms with Gasteiger partial charge in [0.05, 0.1) is 35.2 Å². The van der Waals surface area contributed by atoms with Crippen LogP contribution in [0.4, 0.5) is 5.69 Å². The van der Waals surface area contributed by atoms with Gasteiger partial charge in [-0.25, -0.2) is 9.79 Å². The molecule has 0 N–H and O–H groups in total. The summed E-state index contributed by atoms with van der Waals surface area (Å²) in [5.41, 5.74) is 3.42. The first-order valence-corrected chi connectivity index (χ1v) is 15.4. The van der Waals surface area contributed by atoms with Crippen LogP contribution in [0.25, 0.3) is 11.3 Å². The van der Waals surface area contributed by atoms with Gasteiger partial charge in [0.1, 0.15) is 4.53 Å². The van der Waals surface area contributed by atoms with E-state index in [-0.39, 0.29) is 29.4 Å². The van der Waals surface area contributed by atoms with Gasteiger partial charge < -0.3 is 19.1 Å². The Labute approximate surface area is 257 Å². The van der Waals surface area contributed by atoms with Crippen LogP contribution in [-0.2, 0) is 14.3 Å². The molecule has 1 amide bonds. The zero-order valence-corrected chi connectivity index (χ0v) is 25.1. The molecule has 0 bridgehead atoms. The number of carbonyl (C=O) groups is 2. The van der Waals surface area contributed by atoms with E-state index < -0.39 is 17.6 Å². The van der Waals surface area contributed by atoms with Crippen LogP contribution in [0.3, 0.4) is 0 Å². The highest BCUT2D eigenvalue weighted by atomic mass is 32.1. The predicted octanol–water partition coefficient (Wildman–Crippen LogP) is 4.18. The molecule has 0 saturated carbocycles. The Bertz CT molecular complexity index is 2030. The fraction of sp³-hybridized carbons (Fsp3) is 0.235. The number of fused-ring (bicyclic) bond motifs is 3. The lowest BCUT2D eigenvalue weighted by Crippen LogP contribution is -2.41. The second kappa shape index (κ2) is 11.3. The number of benzene rings is 3. The van der Waals surface area contributed by atoms with Gasteiger partial charge in [-0.05, 0) is 37.1 Å². The summed E-state index contributed by atoms with van der Waals surface area (Å²) >= 11 is 1.16. The number of amides is 1. The molecular weight excluding hydrogens is 578 g/mol. The standard InChI is InChI=1S/C34H29N3O6S/c1-3-5-17-36-23-14-10-9-13-22(23)26(31(36)38)30-32(39)37-29(21-15-16-24-25(18-21)43-19-42-24)27(33(40)41-4-2)28(35-34(37)44-30)20-11-7-6-8-12-20/h6-16,18,29H,3-5,17,19H2,1-2H3/b30-26+/t29-/m0/s1. The SMILES string of the molecule is CCCCN1C(=O)/C(=c2/sc3n(c2=O)[C@@H](c2ccc4c(c2)OCO4)C(C(=O)OCC)=C(c2ccccc2)N=3)c2ccccc21. The van der Waals surface area contributed by atoms with Crippen LogP contribution >= 0.6 is 11.3 Å². The molecule has 10 heteroatoms. The smallest absolute Gasteiger partial charge is 0.338 e. The molecule has 1 aromatic heterocycles. The maximum atomic E-state index is 14.6. The summed E-state index contributed by atoms with van der Waals surface area (Å²) in [6.45, 7) is 4.59. The molecular formula is C34H29N3O6S. The van der Waals surface area contributed by atoms with Crippen molar-refractivity contribution in [1.82, 2.24) is 4.57 Å². The van der Waals surface area contributed by atoms with E-state index >= 15 is 0 Å². The van der Waals surface area contributed by atoms with Gasteiger partial charge in [-0.15, -0.1) is 0 Å². The van der Waals surface area contributed by atoms with Crippen LogP contribution in [-0.4, -0.2) is 36.4 Å². The highest BCUT2D eigenvalue weighted by Gasteiger charge is 2.38. The van der Waals surface area contributed by atoms with Crippen LogP contribution in [0.5, 0.6) is 11.5 Å². The van der Waals surface area contributed by atoms with E-state index in [1.54, 1.807) is 24.0 Å². The van der Waals surface area contributed by atoms with E-state index in [0.29, 0.717) is 50.8 Å². The van der Waals surface area contributed by atoms with E-state index in [9.17, 15) is 14.4 Å². The number of rotatable bonds is 7. The summed E-state index contributed by atoms with van der Waals surface area (Å²) in [6, 6.07) is 21.4. The van der Waals surface area contributed by atoms with Crippen molar-refractivity contribution in [2.75, 3.05) is 24.8 Å². The van der Waals surface area contributed by atoms with Crippen molar-refractivity contribution in [3.63, 3.8) is 0 Å². The molecule has 4 heterocycles. The molecule has 0 radical (unpaired) electrons. The molecule has 3 aromatic carbocycles. The Morgan fingerprint density at radius 3 is 2.57 bits per heavy atom. The highest BCUT2D eigenvalue weighted by molar-refractivity contribution is 7.07. The van der Waals surface area contributed by atoms with E-state index in [1.807, 2.05) is 60.7 Å². The zero-order chi connectivity index (χ0) is 30.4. The van der Waals surface area contributed by atoms with Gasteiger partial charge in [-0.3, -0.25) is 14.2 Å². The average molecular weight is 608 g/mol. The Hall–Kier alpha value is -4.96. The monoisotopic (exact) mass is 607 g/mol. The first kappa shape index (κ1) is 27.8. The molecule has 9 nitrogen and oxygen atoms in total. The number of anilines is 1. The van der Waals surface area contributed by atoms with Crippen molar-refractivity contribution < 1.29 is 23.8 Å². The largest absolute Gasteiger partial charge is 0.463 e. The molecule has 7 rings (SSSR count). The maximum absolute atomic E-state index is 14.6. The van der Waals surface area contributed by atoms with E-state index in [2.05, 4.69) is 6.92 Å². The second-order valence-electron chi connectivity index (χ2n) is 10.6. The van der Waals surface area contributed by atoms with Gasteiger partial charge in [-0.1, -0.05) is 79.3 Å². The number of unbranched alkanes of at least 4 members (excludes halogenated alkanes) is 1. The molecule has 222 valence electrons. The fourth-order valence-electron chi connectivity index (χ4n) is 5.93. The number of aromatic nitrogens is 1. The second-order valence-corrected chi connectivity index (χ2v) is 11.5. The highest BCUT2D eigenvalue weighted by Crippen LogP contribution is 2.40. The third kappa shape index (κ3) is 4.44. The zero-order valence-electron chi connectivity index (χ0n) is 24.2. The lowest BCUT2D eigenvalue weighted by Gasteiger charge is -2.26. The number of hydrogen-bond acceptors (Lipinski definition) is 8. The van der Waals surface area contributed by atoms with Crippen molar-refractivity contribution in [3.05, 3.63) is 115 Å². The summed E-state index contributed by atoms with van der Waals surface area (Å²) in [6.07, 6.45) is 1.76. The summed E-state index contributed by atoms with van der Waals surface area (Å²) in [5.74, 6) is 0.301. The van der Waals surface area contributed by atoms with Gasteiger partial charge in [0.2, 0.25) is 6.79 Å². The molecule has 44 heavy (non-hydrogen) atoms. The van der Waals surface area contributed by atoms with Gasteiger partial charge >= 0.3 is 5.97 Å². The number of ether oxygens (including phenoxy) is 3. The number of thiazole rings is 1. The number of hydrogen-bond donors (Lipinski definition) is 0. The van der Waals surface area contributed by atoms with Gasteiger partial charge in [0.25, 0.3) is 11.5 Å². The Balaban J connectivity index is 1.54. The molecule has 0 spiro atoms. The van der Waals surface area contributed by atoms with Crippen molar-refractivity contribution in [2.24, 2.45) is 4.99 Å². The fourth-order valence-corrected chi connectivity index (χ4v) is 7.02. The Morgan fingerprint density at radius 1 is 1.00 bits per heavy atom. The molecule has 3 aliphatic rings. The van der Waals surface area contributed by atoms with Crippen molar-refractivity contribution >= 4 is 40.2 Å². The minimum Gasteiger partial charge on any atom is -0.463 e. The molecule has 3 aliphatic heterocycles. The predicted molar refractivity (Wildman–Crippen MR) is 166 cm³/mol. The summed E-state index contributed by atoms with van der Waals surface area (Å²) < 4.78 is 18.6. The summed E-state index contributed by atoms with van der Waals surface area (Å²) in [7, 11) is 0. The van der Waals surface area contributed by atoms with E-state index in [4.69, 9.17) is 19.2 Å². The quantitative estimate of drug-likeness (QED) is 0.293. The summed E-state index contributed by atoms with van der Waals surface area (Å²) in [5, 5.41) is 0. The maximum Gasteiger partial charge on any atom is 0.338 e. The van der Waals surface area contributed by atoms with Crippen molar-refractivity contribution in [2.45, 2.75) is 32.7 Å². The number of para-hydroxylation sites is 1. The lowest BCUT2D eigenvalue weighted by atomic mass is 9.93. The Kier molecular flexibility index (Phi) is 7.14. The van der Waals surface area contributed by atoms with Gasteiger partial charge in [0, 0.05) is 17.7 Å². The molecule has 0 saturated heterocycles. The molecule has 0 unspecified atom stereocenters. The average Bonchev–Trinajstić information content (AvgIpc) is 3.72.